The predicted octanol–water partition coefficient (Wildman–Crippen LogP) is 2.25. The number of aryl methyl sites for hydroxylation is 1. The molecule has 110 valence electrons. The summed E-state index contributed by atoms with van der Waals surface area (Å²) in [5.74, 6) is -0.0828. The highest BCUT2D eigenvalue weighted by atomic mass is 16.2. The molecule has 0 aliphatic rings. The normalized spacial score (nSPS) is 10.5. The molecule has 0 N–H and O–H groups in total. The highest BCUT2D eigenvalue weighted by Gasteiger charge is 2.14. The molecular weight excluding hydrogens is 278 g/mol. The van der Waals surface area contributed by atoms with Crippen LogP contribution in [-0.2, 0) is 0 Å². The maximum Gasteiger partial charge on any atom is 0.258 e. The molecule has 3 rings (SSSR count). The van der Waals surface area contributed by atoms with Gasteiger partial charge >= 0.3 is 0 Å². The fourth-order valence-corrected chi connectivity index (χ4v) is 2.21. The van der Waals surface area contributed by atoms with Gasteiger partial charge in [-0.15, -0.1) is 5.10 Å². The first kappa shape index (κ1) is 13.9. The number of amides is 1. The van der Waals surface area contributed by atoms with Gasteiger partial charge in [0.1, 0.15) is 6.33 Å². The van der Waals surface area contributed by atoms with Crippen molar-refractivity contribution in [2.24, 2.45) is 0 Å². The third kappa shape index (κ3) is 2.71. The first-order valence-electron chi connectivity index (χ1n) is 6.83. The van der Waals surface area contributed by atoms with E-state index in [0.29, 0.717) is 5.56 Å². The highest BCUT2D eigenvalue weighted by molar-refractivity contribution is 6.06. The summed E-state index contributed by atoms with van der Waals surface area (Å²) in [5, 5.41) is 11.0. The summed E-state index contributed by atoms with van der Waals surface area (Å²) in [6.07, 6.45) is 1.49. The molecule has 0 bridgehead atoms. The number of carbonyl (C=O) groups excluding carboxylic acids is 1. The second-order valence-electron chi connectivity index (χ2n) is 5.01. The molecule has 0 fully saturated rings. The zero-order valence-corrected chi connectivity index (χ0v) is 12.3. The Morgan fingerprint density at radius 1 is 1.14 bits per heavy atom. The van der Waals surface area contributed by atoms with Crippen molar-refractivity contribution in [3.63, 3.8) is 0 Å². The summed E-state index contributed by atoms with van der Waals surface area (Å²) in [4.78, 5) is 14.3. The van der Waals surface area contributed by atoms with E-state index in [-0.39, 0.29) is 5.91 Å². The average Bonchev–Trinajstić information content (AvgIpc) is 3.08. The largest absolute Gasteiger partial charge is 0.311 e. The summed E-state index contributed by atoms with van der Waals surface area (Å²) < 4.78 is 1.52. The molecule has 1 heterocycles. The quantitative estimate of drug-likeness (QED) is 0.743. The molecule has 0 spiro atoms. The van der Waals surface area contributed by atoms with Crippen molar-refractivity contribution in [2.75, 3.05) is 11.9 Å². The van der Waals surface area contributed by atoms with Crippen molar-refractivity contribution in [2.45, 2.75) is 6.92 Å². The van der Waals surface area contributed by atoms with E-state index < -0.39 is 0 Å². The lowest BCUT2D eigenvalue weighted by atomic mass is 10.1. The molecule has 2 aromatic carbocycles. The van der Waals surface area contributed by atoms with Crippen LogP contribution in [0.1, 0.15) is 15.9 Å². The maximum absolute atomic E-state index is 12.6. The van der Waals surface area contributed by atoms with Crippen molar-refractivity contribution in [1.29, 1.82) is 0 Å². The third-order valence-corrected chi connectivity index (χ3v) is 3.40. The fourth-order valence-electron chi connectivity index (χ4n) is 2.21. The Bertz CT molecular complexity index is 798. The van der Waals surface area contributed by atoms with Crippen molar-refractivity contribution in [3.8, 4) is 5.69 Å². The summed E-state index contributed by atoms with van der Waals surface area (Å²) >= 11 is 0. The van der Waals surface area contributed by atoms with Gasteiger partial charge in [0, 0.05) is 18.3 Å². The lowest BCUT2D eigenvalue weighted by Gasteiger charge is -2.18. The van der Waals surface area contributed by atoms with Gasteiger partial charge in [-0.25, -0.2) is 4.68 Å². The molecule has 6 nitrogen and oxygen atoms in total. The minimum Gasteiger partial charge on any atom is -0.311 e. The van der Waals surface area contributed by atoms with Crippen LogP contribution in [-0.4, -0.2) is 33.2 Å². The second kappa shape index (κ2) is 5.77. The molecule has 1 amide bonds. The first-order valence-corrected chi connectivity index (χ1v) is 6.83. The van der Waals surface area contributed by atoms with Gasteiger partial charge in [0.05, 0.1) is 5.69 Å². The molecule has 0 radical (unpaired) electrons. The number of rotatable bonds is 3. The molecule has 0 aliphatic carbocycles. The number of aromatic nitrogens is 4. The number of anilines is 1. The molecule has 6 heteroatoms. The Morgan fingerprint density at radius 3 is 2.68 bits per heavy atom. The lowest BCUT2D eigenvalue weighted by Crippen LogP contribution is -2.26. The number of carbonyl (C=O) groups is 1. The van der Waals surface area contributed by atoms with Crippen molar-refractivity contribution in [3.05, 3.63) is 66.0 Å². The minimum atomic E-state index is -0.0828. The Labute approximate surface area is 128 Å². The highest BCUT2D eigenvalue weighted by Crippen LogP contribution is 2.18. The van der Waals surface area contributed by atoms with Gasteiger partial charge in [-0.05, 0) is 53.2 Å². The molecular formula is C16H15N5O. The van der Waals surface area contributed by atoms with E-state index in [1.807, 2.05) is 43.3 Å². The molecule has 22 heavy (non-hydrogen) atoms. The van der Waals surface area contributed by atoms with E-state index in [4.69, 9.17) is 0 Å². The smallest absolute Gasteiger partial charge is 0.258 e. The first-order chi connectivity index (χ1) is 10.6. The summed E-state index contributed by atoms with van der Waals surface area (Å²) in [6.45, 7) is 2.00. The monoisotopic (exact) mass is 293 g/mol. The van der Waals surface area contributed by atoms with Crippen LogP contribution in [0.5, 0.6) is 0 Å². The number of hydrogen-bond acceptors (Lipinski definition) is 4. The number of hydrogen-bond donors (Lipinski definition) is 0. The van der Waals surface area contributed by atoms with E-state index in [9.17, 15) is 4.79 Å². The third-order valence-electron chi connectivity index (χ3n) is 3.40. The van der Waals surface area contributed by atoms with Crippen LogP contribution in [0.3, 0.4) is 0 Å². The van der Waals surface area contributed by atoms with Gasteiger partial charge in [0.2, 0.25) is 0 Å². The molecule has 1 aromatic heterocycles. The molecule has 0 aliphatic heterocycles. The van der Waals surface area contributed by atoms with Crippen molar-refractivity contribution >= 4 is 11.6 Å². The van der Waals surface area contributed by atoms with Crippen LogP contribution >= 0.6 is 0 Å². The van der Waals surface area contributed by atoms with E-state index in [1.54, 1.807) is 24.1 Å². The van der Waals surface area contributed by atoms with Gasteiger partial charge in [0.25, 0.3) is 5.91 Å². The fraction of sp³-hybridized carbons (Fsp3) is 0.125. The zero-order chi connectivity index (χ0) is 15.5. The van der Waals surface area contributed by atoms with Crippen LogP contribution in [0.4, 0.5) is 5.69 Å². The van der Waals surface area contributed by atoms with Gasteiger partial charge in [-0.3, -0.25) is 4.79 Å². The lowest BCUT2D eigenvalue weighted by molar-refractivity contribution is 0.0993. The Morgan fingerprint density at radius 2 is 1.95 bits per heavy atom. The van der Waals surface area contributed by atoms with Gasteiger partial charge < -0.3 is 4.90 Å². The van der Waals surface area contributed by atoms with Gasteiger partial charge in [0.15, 0.2) is 0 Å². The molecule has 0 unspecified atom stereocenters. The number of nitrogens with zero attached hydrogens (tertiary/aromatic N) is 5. The minimum absolute atomic E-state index is 0.0828. The SMILES string of the molecule is Cc1cccc(N(C)C(=O)c2cccc(-n3cnnn3)c2)c1. The van der Waals surface area contributed by atoms with Gasteiger partial charge in [-0.2, -0.15) is 0 Å². The Balaban J connectivity index is 1.90. The van der Waals surface area contributed by atoms with E-state index in [2.05, 4.69) is 15.5 Å². The van der Waals surface area contributed by atoms with Crippen molar-refractivity contribution < 1.29 is 4.79 Å². The van der Waals surface area contributed by atoms with E-state index in [0.717, 1.165) is 16.9 Å². The zero-order valence-electron chi connectivity index (χ0n) is 12.3. The predicted molar refractivity (Wildman–Crippen MR) is 83.1 cm³/mol. The van der Waals surface area contributed by atoms with Crippen LogP contribution in [0.15, 0.2) is 54.9 Å². The van der Waals surface area contributed by atoms with Crippen LogP contribution < -0.4 is 4.90 Å². The standard InChI is InChI=1S/C16H15N5O/c1-12-5-3-7-14(9-12)20(2)16(22)13-6-4-8-15(10-13)21-11-17-18-19-21/h3-11H,1-2H3. The van der Waals surface area contributed by atoms with Crippen LogP contribution in [0, 0.1) is 6.92 Å². The summed E-state index contributed by atoms with van der Waals surface area (Å²) in [6, 6.07) is 15.0. The Hall–Kier alpha value is -3.02. The second-order valence-corrected chi connectivity index (χ2v) is 5.01. The molecule has 0 atom stereocenters. The molecule has 0 saturated heterocycles. The van der Waals surface area contributed by atoms with Crippen molar-refractivity contribution in [1.82, 2.24) is 20.2 Å². The maximum atomic E-state index is 12.6. The average molecular weight is 293 g/mol. The number of benzene rings is 2. The molecule has 0 saturated carbocycles. The van der Waals surface area contributed by atoms with Gasteiger partial charge in [-0.1, -0.05) is 18.2 Å². The van der Waals surface area contributed by atoms with E-state index in [1.165, 1.54) is 11.0 Å². The topological polar surface area (TPSA) is 63.9 Å². The van der Waals surface area contributed by atoms with E-state index >= 15 is 0 Å². The van der Waals surface area contributed by atoms with Crippen LogP contribution in [0.2, 0.25) is 0 Å². The summed E-state index contributed by atoms with van der Waals surface area (Å²) in [5.41, 5.74) is 3.29. The van der Waals surface area contributed by atoms with Crippen LogP contribution in [0.25, 0.3) is 5.69 Å². The Kier molecular flexibility index (Phi) is 3.65. The summed E-state index contributed by atoms with van der Waals surface area (Å²) in [7, 11) is 1.76. The molecule has 3 aromatic rings. The number of tetrazole rings is 1.